The van der Waals surface area contributed by atoms with Gasteiger partial charge < -0.3 is 25.7 Å². The Morgan fingerprint density at radius 1 is 1.32 bits per heavy atom. The Labute approximate surface area is 184 Å². The Balaban J connectivity index is 1.46. The number of nitrogens with two attached hydrogens (primary N) is 1. The number of guanidine groups is 1. The number of piperidine rings is 1. The normalized spacial score (nSPS) is 17.5. The minimum Gasteiger partial charge on any atom is -0.444 e. The van der Waals surface area contributed by atoms with Crippen LogP contribution in [0.1, 0.15) is 37.4 Å². The van der Waals surface area contributed by atoms with E-state index in [9.17, 15) is 4.79 Å². The van der Waals surface area contributed by atoms with Gasteiger partial charge in [-0.25, -0.2) is 9.98 Å². The lowest BCUT2D eigenvalue weighted by Gasteiger charge is -2.31. The van der Waals surface area contributed by atoms with Gasteiger partial charge in [-0.2, -0.15) is 0 Å². The molecule has 2 aromatic rings. The number of benzene rings is 1. The summed E-state index contributed by atoms with van der Waals surface area (Å²) >= 11 is 0. The molecule has 168 valence electrons. The molecule has 0 aliphatic carbocycles. The number of aliphatic imine (C=N–C) groups is 1. The Kier molecular flexibility index (Phi) is 8.46. The van der Waals surface area contributed by atoms with Gasteiger partial charge in [-0.3, -0.25) is 4.79 Å². The Morgan fingerprint density at radius 3 is 2.87 bits per heavy atom. The number of likely N-dealkylation sites (tertiary alicyclic amines) is 1. The number of aromatic nitrogens is 1. The zero-order valence-electron chi connectivity index (χ0n) is 18.6. The van der Waals surface area contributed by atoms with Gasteiger partial charge in [0.15, 0.2) is 5.96 Å². The van der Waals surface area contributed by atoms with Crippen molar-refractivity contribution in [1.29, 1.82) is 0 Å². The summed E-state index contributed by atoms with van der Waals surface area (Å²) in [5.74, 6) is 1.19. The quantitative estimate of drug-likeness (QED) is 0.322. The van der Waals surface area contributed by atoms with Crippen molar-refractivity contribution in [3.05, 3.63) is 41.8 Å². The second kappa shape index (κ2) is 11.5. The van der Waals surface area contributed by atoms with Crippen LogP contribution in [0.15, 0.2) is 39.9 Å². The van der Waals surface area contributed by atoms with Gasteiger partial charge in [-0.05, 0) is 58.3 Å². The SMILES string of the molecule is CCNC(=NCc1coc(-c2ccc(C)cc2)n1)NCCCN1CCCC(C(N)=O)C1. The Hall–Kier alpha value is -2.87. The number of amides is 1. The fourth-order valence-electron chi connectivity index (χ4n) is 3.71. The minimum absolute atomic E-state index is 0.00662. The molecule has 1 saturated heterocycles. The van der Waals surface area contributed by atoms with Crippen LogP contribution < -0.4 is 16.4 Å². The van der Waals surface area contributed by atoms with E-state index in [-0.39, 0.29) is 11.8 Å². The first-order chi connectivity index (χ1) is 15.0. The predicted octanol–water partition coefficient (Wildman–Crippen LogP) is 2.29. The third kappa shape index (κ3) is 7.10. The maximum atomic E-state index is 11.4. The van der Waals surface area contributed by atoms with Gasteiger partial charge in [-0.1, -0.05) is 17.7 Å². The highest BCUT2D eigenvalue weighted by Crippen LogP contribution is 2.19. The van der Waals surface area contributed by atoms with Crippen LogP contribution in [0, 0.1) is 12.8 Å². The van der Waals surface area contributed by atoms with Crippen LogP contribution >= 0.6 is 0 Å². The highest BCUT2D eigenvalue weighted by Gasteiger charge is 2.23. The largest absolute Gasteiger partial charge is 0.444 e. The van der Waals surface area contributed by atoms with Gasteiger partial charge in [-0.15, -0.1) is 0 Å². The number of hydrogen-bond donors (Lipinski definition) is 3. The Bertz CT molecular complexity index is 861. The first-order valence-electron chi connectivity index (χ1n) is 11.1. The summed E-state index contributed by atoms with van der Waals surface area (Å²) in [6.45, 7) is 8.88. The van der Waals surface area contributed by atoms with Gasteiger partial charge in [0.1, 0.15) is 12.0 Å². The maximum absolute atomic E-state index is 11.4. The number of carbonyl (C=O) groups is 1. The zero-order valence-corrected chi connectivity index (χ0v) is 18.6. The summed E-state index contributed by atoms with van der Waals surface area (Å²) in [7, 11) is 0. The maximum Gasteiger partial charge on any atom is 0.226 e. The number of nitrogens with zero attached hydrogens (tertiary/aromatic N) is 3. The molecule has 0 saturated carbocycles. The van der Waals surface area contributed by atoms with Crippen molar-refractivity contribution < 1.29 is 9.21 Å². The lowest BCUT2D eigenvalue weighted by atomic mass is 9.97. The average Bonchev–Trinajstić information content (AvgIpc) is 3.24. The summed E-state index contributed by atoms with van der Waals surface area (Å²) in [6, 6.07) is 8.10. The molecular weight excluding hydrogens is 392 g/mol. The number of aryl methyl sites for hydroxylation is 1. The summed E-state index contributed by atoms with van der Waals surface area (Å²) in [5, 5.41) is 6.64. The van der Waals surface area contributed by atoms with Crippen molar-refractivity contribution in [2.75, 3.05) is 32.7 Å². The molecule has 1 aromatic heterocycles. The second-order valence-corrected chi connectivity index (χ2v) is 8.03. The summed E-state index contributed by atoms with van der Waals surface area (Å²) in [5.41, 5.74) is 8.42. The van der Waals surface area contributed by atoms with Crippen LogP contribution in [0.25, 0.3) is 11.5 Å². The van der Waals surface area contributed by atoms with Crippen molar-refractivity contribution in [3.8, 4) is 11.5 Å². The van der Waals surface area contributed by atoms with E-state index >= 15 is 0 Å². The molecule has 1 aliphatic heterocycles. The fourth-order valence-corrected chi connectivity index (χ4v) is 3.71. The highest BCUT2D eigenvalue weighted by molar-refractivity contribution is 5.79. The molecule has 1 amide bonds. The number of rotatable bonds is 9. The Morgan fingerprint density at radius 2 is 2.13 bits per heavy atom. The molecule has 0 bridgehead atoms. The van der Waals surface area contributed by atoms with E-state index in [1.807, 2.05) is 31.2 Å². The van der Waals surface area contributed by atoms with E-state index in [1.54, 1.807) is 6.26 Å². The van der Waals surface area contributed by atoms with E-state index in [2.05, 4.69) is 32.4 Å². The molecule has 1 unspecified atom stereocenters. The zero-order chi connectivity index (χ0) is 22.1. The molecule has 1 aliphatic rings. The van der Waals surface area contributed by atoms with E-state index < -0.39 is 0 Å². The average molecular weight is 427 g/mol. The van der Waals surface area contributed by atoms with Crippen molar-refractivity contribution >= 4 is 11.9 Å². The van der Waals surface area contributed by atoms with Crippen LogP contribution in [0.4, 0.5) is 0 Å². The van der Waals surface area contributed by atoms with E-state index in [0.29, 0.717) is 12.4 Å². The molecule has 0 spiro atoms. The van der Waals surface area contributed by atoms with Gasteiger partial charge in [0, 0.05) is 25.2 Å². The van der Waals surface area contributed by atoms with Gasteiger partial charge >= 0.3 is 0 Å². The molecule has 1 aromatic carbocycles. The summed E-state index contributed by atoms with van der Waals surface area (Å²) < 4.78 is 5.61. The van der Waals surface area contributed by atoms with E-state index in [1.165, 1.54) is 5.56 Å². The van der Waals surface area contributed by atoms with Crippen molar-refractivity contribution in [1.82, 2.24) is 20.5 Å². The molecule has 4 N–H and O–H groups in total. The third-order valence-electron chi connectivity index (χ3n) is 5.45. The van der Waals surface area contributed by atoms with Crippen LogP contribution in [0.2, 0.25) is 0 Å². The van der Waals surface area contributed by atoms with Crippen LogP contribution in [0.5, 0.6) is 0 Å². The van der Waals surface area contributed by atoms with E-state index in [0.717, 1.165) is 69.2 Å². The lowest BCUT2D eigenvalue weighted by molar-refractivity contribution is -0.123. The molecule has 0 radical (unpaired) electrons. The van der Waals surface area contributed by atoms with Crippen LogP contribution in [0.3, 0.4) is 0 Å². The molecule has 8 heteroatoms. The molecule has 2 heterocycles. The summed E-state index contributed by atoms with van der Waals surface area (Å²) in [6.07, 6.45) is 4.58. The van der Waals surface area contributed by atoms with Gasteiger partial charge in [0.25, 0.3) is 0 Å². The monoisotopic (exact) mass is 426 g/mol. The first kappa shape index (κ1) is 22.8. The lowest BCUT2D eigenvalue weighted by Crippen LogP contribution is -2.43. The standard InChI is InChI=1S/C23H34N6O2/c1-3-25-23(26-11-5-13-29-12-4-6-19(15-29)21(24)30)27-14-20-16-31-22(28-20)18-9-7-17(2)8-10-18/h7-10,16,19H,3-6,11-15H2,1-2H3,(H2,24,30)(H2,25,26,27). The number of hydrogen-bond acceptors (Lipinski definition) is 5. The molecule has 1 atom stereocenters. The number of primary amides is 1. The van der Waals surface area contributed by atoms with E-state index in [4.69, 9.17) is 10.2 Å². The third-order valence-corrected chi connectivity index (χ3v) is 5.45. The molecule has 3 rings (SSSR count). The smallest absolute Gasteiger partial charge is 0.226 e. The molecular formula is C23H34N6O2. The minimum atomic E-state index is -0.178. The fraction of sp³-hybridized carbons (Fsp3) is 0.522. The molecule has 1 fully saturated rings. The van der Waals surface area contributed by atoms with Gasteiger partial charge in [0.05, 0.1) is 12.5 Å². The first-order valence-corrected chi connectivity index (χ1v) is 11.1. The molecule has 8 nitrogen and oxygen atoms in total. The second-order valence-electron chi connectivity index (χ2n) is 8.03. The predicted molar refractivity (Wildman–Crippen MR) is 122 cm³/mol. The number of carbonyl (C=O) groups excluding carboxylic acids is 1. The van der Waals surface area contributed by atoms with Crippen molar-refractivity contribution in [2.45, 2.75) is 39.7 Å². The number of oxazole rings is 1. The highest BCUT2D eigenvalue weighted by atomic mass is 16.3. The van der Waals surface area contributed by atoms with Crippen molar-refractivity contribution in [3.63, 3.8) is 0 Å². The van der Waals surface area contributed by atoms with Gasteiger partial charge in [0.2, 0.25) is 11.8 Å². The number of nitrogens with one attached hydrogen (secondary N) is 2. The van der Waals surface area contributed by atoms with Crippen molar-refractivity contribution in [2.24, 2.45) is 16.6 Å². The van der Waals surface area contributed by atoms with Crippen LogP contribution in [-0.2, 0) is 11.3 Å². The summed E-state index contributed by atoms with van der Waals surface area (Å²) in [4.78, 5) is 22.9. The molecule has 31 heavy (non-hydrogen) atoms. The van der Waals surface area contributed by atoms with Crippen LogP contribution in [-0.4, -0.2) is 54.5 Å². The topological polar surface area (TPSA) is 109 Å².